The van der Waals surface area contributed by atoms with Crippen LogP contribution in [0, 0.1) is 5.82 Å². The van der Waals surface area contributed by atoms with Crippen LogP contribution in [0.4, 0.5) is 27.1 Å². The Morgan fingerprint density at radius 3 is 2.39 bits per heavy atom. The van der Waals surface area contributed by atoms with Crippen molar-refractivity contribution in [3.05, 3.63) is 96.3 Å². The molecule has 0 atom stereocenters. The van der Waals surface area contributed by atoms with E-state index in [2.05, 4.69) is 20.6 Å². The summed E-state index contributed by atoms with van der Waals surface area (Å²) in [5.74, 6) is -0.975. The van der Waals surface area contributed by atoms with Gasteiger partial charge in [0.05, 0.1) is 11.3 Å². The van der Waals surface area contributed by atoms with Gasteiger partial charge in [-0.1, -0.05) is 0 Å². The molecule has 31 heavy (non-hydrogen) atoms. The minimum absolute atomic E-state index is 0.221. The maximum Gasteiger partial charge on any atom is 0.274 e. The predicted molar refractivity (Wildman–Crippen MR) is 118 cm³/mol. The molecule has 2 amide bonds. The molecule has 8 heteroatoms. The summed E-state index contributed by atoms with van der Waals surface area (Å²) < 4.78 is 14.6. The second-order valence-corrected chi connectivity index (χ2v) is 6.87. The SMILES string of the molecule is CN(C(=O)c1ccc[nH]1)c1ccc(Nc2ccc(NC(=O)c3cc[nH]c3)cc2)c(F)c1. The van der Waals surface area contributed by atoms with E-state index in [1.54, 1.807) is 80.2 Å². The van der Waals surface area contributed by atoms with Crippen LogP contribution in [0.15, 0.2) is 79.3 Å². The van der Waals surface area contributed by atoms with E-state index in [0.717, 1.165) is 0 Å². The van der Waals surface area contributed by atoms with Crippen molar-refractivity contribution >= 4 is 34.6 Å². The van der Waals surface area contributed by atoms with Crippen molar-refractivity contribution in [1.29, 1.82) is 0 Å². The molecule has 4 aromatic rings. The van der Waals surface area contributed by atoms with Crippen LogP contribution in [0.5, 0.6) is 0 Å². The first kappa shape index (κ1) is 20.0. The van der Waals surface area contributed by atoms with E-state index in [-0.39, 0.29) is 17.5 Å². The summed E-state index contributed by atoms with van der Waals surface area (Å²) in [6, 6.07) is 16.5. The number of halogens is 1. The molecule has 2 heterocycles. The van der Waals surface area contributed by atoms with Gasteiger partial charge in [-0.3, -0.25) is 9.59 Å². The molecule has 0 bridgehead atoms. The molecule has 0 aliphatic carbocycles. The summed E-state index contributed by atoms with van der Waals surface area (Å²) in [5.41, 5.74) is 2.94. The van der Waals surface area contributed by atoms with Crippen LogP contribution < -0.4 is 15.5 Å². The van der Waals surface area contributed by atoms with E-state index >= 15 is 0 Å². The maximum atomic E-state index is 14.6. The van der Waals surface area contributed by atoms with Gasteiger partial charge in [0.1, 0.15) is 11.5 Å². The first-order chi connectivity index (χ1) is 15.0. The lowest BCUT2D eigenvalue weighted by molar-refractivity contribution is 0.0987. The van der Waals surface area contributed by atoms with Crippen LogP contribution in [0.25, 0.3) is 0 Å². The third kappa shape index (κ3) is 4.48. The summed E-state index contributed by atoms with van der Waals surface area (Å²) in [6.07, 6.45) is 4.95. The Labute approximate surface area is 177 Å². The number of nitrogens with zero attached hydrogens (tertiary/aromatic N) is 1. The van der Waals surface area contributed by atoms with Gasteiger partial charge in [0, 0.05) is 42.7 Å². The number of nitrogens with one attached hydrogen (secondary N) is 4. The zero-order valence-electron chi connectivity index (χ0n) is 16.6. The number of H-pyrrole nitrogens is 2. The minimum Gasteiger partial charge on any atom is -0.367 e. The normalized spacial score (nSPS) is 10.5. The van der Waals surface area contributed by atoms with Crippen molar-refractivity contribution < 1.29 is 14.0 Å². The molecule has 7 nitrogen and oxygen atoms in total. The van der Waals surface area contributed by atoms with E-state index in [4.69, 9.17) is 0 Å². The number of anilines is 4. The molecule has 0 aliphatic heterocycles. The van der Waals surface area contributed by atoms with Crippen LogP contribution in [-0.2, 0) is 0 Å². The lowest BCUT2D eigenvalue weighted by atomic mass is 10.2. The van der Waals surface area contributed by atoms with Crippen molar-refractivity contribution in [2.75, 3.05) is 22.6 Å². The number of aromatic nitrogens is 2. The second-order valence-electron chi connectivity index (χ2n) is 6.87. The van der Waals surface area contributed by atoms with E-state index in [9.17, 15) is 14.0 Å². The van der Waals surface area contributed by atoms with Gasteiger partial charge in [-0.25, -0.2) is 4.39 Å². The van der Waals surface area contributed by atoms with Crippen LogP contribution >= 0.6 is 0 Å². The largest absolute Gasteiger partial charge is 0.367 e. The smallest absolute Gasteiger partial charge is 0.274 e. The number of rotatable bonds is 6. The Morgan fingerprint density at radius 2 is 1.74 bits per heavy atom. The van der Waals surface area contributed by atoms with Gasteiger partial charge >= 0.3 is 0 Å². The van der Waals surface area contributed by atoms with E-state index < -0.39 is 5.82 Å². The van der Waals surface area contributed by atoms with Crippen LogP contribution in [0.1, 0.15) is 20.8 Å². The average Bonchev–Trinajstić information content (AvgIpc) is 3.50. The highest BCUT2D eigenvalue weighted by Crippen LogP contribution is 2.26. The Hall–Kier alpha value is -4.33. The molecule has 2 aromatic carbocycles. The first-order valence-corrected chi connectivity index (χ1v) is 9.53. The number of carbonyl (C=O) groups excluding carboxylic acids is 2. The standard InChI is InChI=1S/C23H20FN5O2/c1-29(23(31)21-3-2-11-26-21)18-8-9-20(19(24)13-18)27-16-4-6-17(7-5-16)28-22(30)15-10-12-25-14-15/h2-14,25-27H,1H3,(H,28,30). The monoisotopic (exact) mass is 417 g/mol. The van der Waals surface area contributed by atoms with Crippen molar-refractivity contribution in [2.24, 2.45) is 0 Å². The van der Waals surface area contributed by atoms with Gasteiger partial charge in [-0.2, -0.15) is 0 Å². The number of aromatic amines is 2. The van der Waals surface area contributed by atoms with Gasteiger partial charge in [0.25, 0.3) is 11.8 Å². The molecule has 0 fully saturated rings. The lowest BCUT2D eigenvalue weighted by Gasteiger charge is -2.18. The van der Waals surface area contributed by atoms with E-state index in [1.807, 2.05) is 0 Å². The molecule has 156 valence electrons. The summed E-state index contributed by atoms with van der Waals surface area (Å²) in [4.78, 5) is 31.5. The number of benzene rings is 2. The van der Waals surface area contributed by atoms with Crippen molar-refractivity contribution in [1.82, 2.24) is 9.97 Å². The number of hydrogen-bond acceptors (Lipinski definition) is 3. The fourth-order valence-corrected chi connectivity index (χ4v) is 3.04. The molecule has 0 aliphatic rings. The maximum absolute atomic E-state index is 14.6. The van der Waals surface area contributed by atoms with Gasteiger partial charge in [0.15, 0.2) is 0 Å². The number of carbonyl (C=O) groups is 2. The number of amides is 2. The third-order valence-electron chi connectivity index (χ3n) is 4.75. The summed E-state index contributed by atoms with van der Waals surface area (Å²) in [5, 5.41) is 5.79. The Morgan fingerprint density at radius 1 is 0.968 bits per heavy atom. The first-order valence-electron chi connectivity index (χ1n) is 9.53. The number of hydrogen-bond donors (Lipinski definition) is 4. The molecule has 0 saturated heterocycles. The van der Waals surface area contributed by atoms with Crippen molar-refractivity contribution in [3.63, 3.8) is 0 Å². The fraction of sp³-hybridized carbons (Fsp3) is 0.0435. The zero-order valence-corrected chi connectivity index (χ0v) is 16.6. The molecule has 0 radical (unpaired) electrons. The minimum atomic E-state index is -0.492. The fourth-order valence-electron chi connectivity index (χ4n) is 3.04. The van der Waals surface area contributed by atoms with Gasteiger partial charge < -0.3 is 25.5 Å². The highest BCUT2D eigenvalue weighted by molar-refractivity contribution is 6.05. The quantitative estimate of drug-likeness (QED) is 0.365. The van der Waals surface area contributed by atoms with E-state index in [0.29, 0.717) is 28.3 Å². The molecular weight excluding hydrogens is 397 g/mol. The van der Waals surface area contributed by atoms with Gasteiger partial charge in [-0.05, 0) is 60.7 Å². The lowest BCUT2D eigenvalue weighted by Crippen LogP contribution is -2.26. The second kappa shape index (κ2) is 8.58. The highest BCUT2D eigenvalue weighted by atomic mass is 19.1. The summed E-state index contributed by atoms with van der Waals surface area (Å²) >= 11 is 0. The van der Waals surface area contributed by atoms with Crippen LogP contribution in [0.2, 0.25) is 0 Å². The Bertz CT molecular complexity index is 1190. The topological polar surface area (TPSA) is 93.0 Å². The van der Waals surface area contributed by atoms with Crippen LogP contribution in [-0.4, -0.2) is 28.8 Å². The average molecular weight is 417 g/mol. The Balaban J connectivity index is 1.42. The van der Waals surface area contributed by atoms with Gasteiger partial charge in [-0.15, -0.1) is 0 Å². The zero-order chi connectivity index (χ0) is 21.8. The van der Waals surface area contributed by atoms with Gasteiger partial charge in [0.2, 0.25) is 0 Å². The molecule has 4 rings (SSSR count). The van der Waals surface area contributed by atoms with Crippen molar-refractivity contribution in [2.45, 2.75) is 0 Å². The predicted octanol–water partition coefficient (Wildman–Crippen LogP) is 4.75. The molecule has 0 spiro atoms. The molecule has 4 N–H and O–H groups in total. The summed E-state index contributed by atoms with van der Waals surface area (Å²) in [7, 11) is 1.59. The van der Waals surface area contributed by atoms with Crippen LogP contribution in [0.3, 0.4) is 0 Å². The highest BCUT2D eigenvalue weighted by Gasteiger charge is 2.16. The molecular formula is C23H20FN5O2. The molecule has 0 unspecified atom stereocenters. The van der Waals surface area contributed by atoms with Crippen molar-refractivity contribution in [3.8, 4) is 0 Å². The molecule has 0 saturated carbocycles. The molecule has 2 aromatic heterocycles. The Kier molecular flexibility index (Phi) is 5.53. The van der Waals surface area contributed by atoms with E-state index in [1.165, 1.54) is 11.0 Å². The summed E-state index contributed by atoms with van der Waals surface area (Å²) in [6.45, 7) is 0. The third-order valence-corrected chi connectivity index (χ3v) is 4.75.